The van der Waals surface area contributed by atoms with Crippen molar-refractivity contribution < 1.29 is 13.9 Å². The zero-order chi connectivity index (χ0) is 17.2. The molecular formula is C20H16N2O3. The highest BCUT2D eigenvalue weighted by Crippen LogP contribution is 2.29. The Morgan fingerprint density at radius 1 is 1.12 bits per heavy atom. The summed E-state index contributed by atoms with van der Waals surface area (Å²) in [6.07, 6.45) is 0.693. The molecule has 0 saturated carbocycles. The van der Waals surface area contributed by atoms with Gasteiger partial charge in [0, 0.05) is 5.39 Å². The number of rotatable bonds is 5. The molecular weight excluding hydrogens is 316 g/mol. The van der Waals surface area contributed by atoms with E-state index in [0.29, 0.717) is 24.4 Å². The normalized spacial score (nSPS) is 10.9. The topological polar surface area (TPSA) is 57.3 Å². The van der Waals surface area contributed by atoms with Gasteiger partial charge in [0.1, 0.15) is 11.4 Å². The highest BCUT2D eigenvalue weighted by molar-refractivity contribution is 5.92. The van der Waals surface area contributed by atoms with Gasteiger partial charge in [-0.3, -0.25) is 9.48 Å². The van der Waals surface area contributed by atoms with E-state index in [2.05, 4.69) is 0 Å². The lowest BCUT2D eigenvalue weighted by atomic mass is 10.1. The molecule has 0 aliphatic carbocycles. The van der Waals surface area contributed by atoms with Crippen LogP contribution >= 0.6 is 0 Å². The first-order chi connectivity index (χ1) is 12.3. The highest BCUT2D eigenvalue weighted by atomic mass is 16.5. The van der Waals surface area contributed by atoms with Gasteiger partial charge >= 0.3 is 0 Å². The van der Waals surface area contributed by atoms with E-state index >= 15 is 0 Å². The van der Waals surface area contributed by atoms with Crippen molar-refractivity contribution in [1.82, 2.24) is 9.78 Å². The van der Waals surface area contributed by atoms with Gasteiger partial charge in [-0.2, -0.15) is 5.10 Å². The Hall–Kier alpha value is -3.34. The lowest BCUT2D eigenvalue weighted by Crippen LogP contribution is -2.02. The van der Waals surface area contributed by atoms with E-state index in [1.807, 2.05) is 53.2 Å². The van der Waals surface area contributed by atoms with Gasteiger partial charge in [0.25, 0.3) is 0 Å². The summed E-state index contributed by atoms with van der Waals surface area (Å²) >= 11 is 0. The van der Waals surface area contributed by atoms with Crippen LogP contribution in [0.25, 0.3) is 22.4 Å². The standard InChI is InChI=1S/C20H16N2O3/c1-24-15-6-4-5-14(11-15)12-22-18-8-3-2-7-17(18)20(21-22)19-10-9-16(13-23)25-19/h2-11,13H,12H2,1H3. The second kappa shape index (κ2) is 6.28. The summed E-state index contributed by atoms with van der Waals surface area (Å²) in [6.45, 7) is 0.610. The zero-order valence-electron chi connectivity index (χ0n) is 13.7. The molecule has 4 rings (SSSR count). The van der Waals surface area contributed by atoms with Gasteiger partial charge in [-0.05, 0) is 35.9 Å². The van der Waals surface area contributed by atoms with Crippen LogP contribution in [-0.2, 0) is 6.54 Å². The number of carbonyl (C=O) groups is 1. The molecule has 0 aliphatic rings. The summed E-state index contributed by atoms with van der Waals surface area (Å²) in [7, 11) is 1.65. The third-order valence-electron chi connectivity index (χ3n) is 4.10. The molecule has 124 valence electrons. The highest BCUT2D eigenvalue weighted by Gasteiger charge is 2.15. The Kier molecular flexibility index (Phi) is 3.82. The first-order valence-corrected chi connectivity index (χ1v) is 7.92. The van der Waals surface area contributed by atoms with Crippen molar-refractivity contribution in [3.8, 4) is 17.2 Å². The van der Waals surface area contributed by atoms with Crippen LogP contribution in [0.2, 0.25) is 0 Å². The molecule has 5 nitrogen and oxygen atoms in total. The summed E-state index contributed by atoms with van der Waals surface area (Å²) in [5, 5.41) is 5.71. The summed E-state index contributed by atoms with van der Waals surface area (Å²) < 4.78 is 12.8. The number of para-hydroxylation sites is 1. The third kappa shape index (κ3) is 2.80. The minimum atomic E-state index is 0.293. The third-order valence-corrected chi connectivity index (χ3v) is 4.10. The lowest BCUT2D eigenvalue weighted by molar-refractivity contribution is 0.110. The number of fused-ring (bicyclic) bond motifs is 1. The fourth-order valence-electron chi connectivity index (χ4n) is 2.92. The van der Waals surface area contributed by atoms with Gasteiger partial charge in [0.2, 0.25) is 0 Å². The summed E-state index contributed by atoms with van der Waals surface area (Å²) in [5.74, 6) is 1.69. The Balaban J connectivity index is 1.80. The largest absolute Gasteiger partial charge is 0.497 e. The maximum Gasteiger partial charge on any atom is 0.185 e. The summed E-state index contributed by atoms with van der Waals surface area (Å²) in [4.78, 5) is 10.9. The number of hydrogen-bond acceptors (Lipinski definition) is 4. The number of benzene rings is 2. The number of aldehydes is 1. The monoisotopic (exact) mass is 332 g/mol. The van der Waals surface area contributed by atoms with E-state index in [4.69, 9.17) is 14.3 Å². The van der Waals surface area contributed by atoms with Gasteiger partial charge in [0.15, 0.2) is 17.8 Å². The SMILES string of the molecule is COc1cccc(Cn2nc(-c3ccc(C=O)o3)c3ccccc32)c1. The molecule has 5 heteroatoms. The number of ether oxygens (including phenoxy) is 1. The maximum atomic E-state index is 10.9. The lowest BCUT2D eigenvalue weighted by Gasteiger charge is -2.06. The predicted molar refractivity (Wildman–Crippen MR) is 94.9 cm³/mol. The minimum Gasteiger partial charge on any atom is -0.497 e. The van der Waals surface area contributed by atoms with Crippen molar-refractivity contribution in [3.05, 3.63) is 72.0 Å². The molecule has 2 aromatic heterocycles. The molecule has 25 heavy (non-hydrogen) atoms. The van der Waals surface area contributed by atoms with Crippen LogP contribution in [0.1, 0.15) is 16.1 Å². The molecule has 0 fully saturated rings. The first-order valence-electron chi connectivity index (χ1n) is 7.92. The number of nitrogens with zero attached hydrogens (tertiary/aromatic N) is 2. The number of hydrogen-bond donors (Lipinski definition) is 0. The average molecular weight is 332 g/mol. The van der Waals surface area contributed by atoms with Crippen molar-refractivity contribution in [2.24, 2.45) is 0 Å². The van der Waals surface area contributed by atoms with E-state index in [-0.39, 0.29) is 0 Å². The Morgan fingerprint density at radius 3 is 2.80 bits per heavy atom. The minimum absolute atomic E-state index is 0.293. The second-order valence-corrected chi connectivity index (χ2v) is 5.69. The van der Waals surface area contributed by atoms with Crippen LogP contribution in [-0.4, -0.2) is 23.2 Å². The Morgan fingerprint density at radius 2 is 2.00 bits per heavy atom. The van der Waals surface area contributed by atoms with Gasteiger partial charge in [-0.15, -0.1) is 0 Å². The van der Waals surface area contributed by atoms with Crippen molar-refractivity contribution >= 4 is 17.2 Å². The first kappa shape index (κ1) is 15.2. The molecule has 0 N–H and O–H groups in total. The van der Waals surface area contributed by atoms with E-state index < -0.39 is 0 Å². The molecule has 0 spiro atoms. The predicted octanol–water partition coefficient (Wildman–Crippen LogP) is 4.17. The smallest absolute Gasteiger partial charge is 0.185 e. The number of aromatic nitrogens is 2. The quantitative estimate of drug-likeness (QED) is 0.515. The fraction of sp³-hybridized carbons (Fsp3) is 0.100. The molecule has 0 aliphatic heterocycles. The van der Waals surface area contributed by atoms with E-state index in [1.54, 1.807) is 19.2 Å². The van der Waals surface area contributed by atoms with Gasteiger partial charge in [0.05, 0.1) is 19.2 Å². The summed E-state index contributed by atoms with van der Waals surface area (Å²) in [6, 6.07) is 19.3. The van der Waals surface area contributed by atoms with Gasteiger partial charge in [-0.1, -0.05) is 30.3 Å². The van der Waals surface area contributed by atoms with E-state index in [1.165, 1.54) is 0 Å². The molecule has 0 bridgehead atoms. The van der Waals surface area contributed by atoms with Crippen molar-refractivity contribution in [2.75, 3.05) is 7.11 Å². The number of methoxy groups -OCH3 is 1. The van der Waals surface area contributed by atoms with Crippen LogP contribution in [0.15, 0.2) is 65.1 Å². The molecule has 2 heterocycles. The summed E-state index contributed by atoms with van der Waals surface area (Å²) in [5.41, 5.74) is 2.82. The molecule has 0 atom stereocenters. The van der Waals surface area contributed by atoms with Crippen molar-refractivity contribution in [2.45, 2.75) is 6.54 Å². The zero-order valence-corrected chi connectivity index (χ0v) is 13.7. The molecule has 0 radical (unpaired) electrons. The van der Waals surface area contributed by atoms with E-state index in [9.17, 15) is 4.79 Å². The molecule has 4 aromatic rings. The maximum absolute atomic E-state index is 10.9. The van der Waals surface area contributed by atoms with Gasteiger partial charge in [-0.25, -0.2) is 0 Å². The average Bonchev–Trinajstić information content (AvgIpc) is 3.27. The fourth-order valence-corrected chi connectivity index (χ4v) is 2.92. The van der Waals surface area contributed by atoms with E-state index in [0.717, 1.165) is 27.9 Å². The van der Waals surface area contributed by atoms with Crippen molar-refractivity contribution in [1.29, 1.82) is 0 Å². The second-order valence-electron chi connectivity index (χ2n) is 5.69. The number of furan rings is 1. The van der Waals surface area contributed by atoms with Gasteiger partial charge < -0.3 is 9.15 Å². The van der Waals surface area contributed by atoms with Crippen LogP contribution in [0, 0.1) is 0 Å². The molecule has 0 unspecified atom stereocenters. The molecule has 2 aromatic carbocycles. The van der Waals surface area contributed by atoms with Crippen LogP contribution < -0.4 is 4.74 Å². The number of carbonyl (C=O) groups excluding carboxylic acids is 1. The van der Waals surface area contributed by atoms with Crippen molar-refractivity contribution in [3.63, 3.8) is 0 Å². The van der Waals surface area contributed by atoms with Crippen LogP contribution in [0.5, 0.6) is 5.75 Å². The molecule has 0 saturated heterocycles. The van der Waals surface area contributed by atoms with Crippen LogP contribution in [0.3, 0.4) is 0 Å². The van der Waals surface area contributed by atoms with Crippen LogP contribution in [0.4, 0.5) is 0 Å². The molecule has 0 amide bonds. The Bertz CT molecular complexity index is 1050. The Labute approximate surface area is 144 Å².